The van der Waals surface area contributed by atoms with Gasteiger partial charge in [-0.05, 0) is 16.3 Å². The van der Waals surface area contributed by atoms with Crippen LogP contribution in [0.2, 0.25) is 0 Å². The van der Waals surface area contributed by atoms with Crippen molar-refractivity contribution in [3.05, 3.63) is 48.0 Å². The fourth-order valence-electron chi connectivity index (χ4n) is 2.77. The van der Waals surface area contributed by atoms with Gasteiger partial charge in [-0.2, -0.15) is 0 Å². The number of rotatable bonds is 2. The minimum absolute atomic E-state index is 0.717. The van der Waals surface area contributed by atoms with E-state index in [1.54, 1.807) is 0 Å². The van der Waals surface area contributed by atoms with Gasteiger partial charge in [0.25, 0.3) is 0 Å². The number of thiol groups is 1. The molecule has 2 nitrogen and oxygen atoms in total. The maximum absolute atomic E-state index is 5.12. The molecule has 3 rings (SSSR count). The summed E-state index contributed by atoms with van der Waals surface area (Å²) in [6.45, 7) is 5.06. The highest BCUT2D eigenvalue weighted by Gasteiger charge is 2.17. The number of fused-ring (bicyclic) bond motifs is 1. The second-order valence-electron chi connectivity index (χ2n) is 5.18. The van der Waals surface area contributed by atoms with E-state index in [0.717, 1.165) is 37.0 Å². The molecule has 0 spiro atoms. The molecule has 4 heteroatoms. The van der Waals surface area contributed by atoms with E-state index in [9.17, 15) is 0 Å². The lowest BCUT2D eigenvalue weighted by Crippen LogP contribution is -2.46. The fraction of sp³-hybridized carbons (Fsp3) is 0.312. The molecule has 1 heterocycles. The lowest BCUT2D eigenvalue weighted by atomic mass is 10.0. The van der Waals surface area contributed by atoms with E-state index in [1.165, 1.54) is 16.3 Å². The molecule has 0 aromatic heterocycles. The maximum atomic E-state index is 5.12. The van der Waals surface area contributed by atoms with Crippen molar-refractivity contribution >= 4 is 39.9 Å². The molecule has 1 aliphatic heterocycles. The van der Waals surface area contributed by atoms with Crippen molar-refractivity contribution in [1.29, 1.82) is 0 Å². The van der Waals surface area contributed by atoms with E-state index in [4.69, 9.17) is 12.2 Å². The highest BCUT2D eigenvalue weighted by molar-refractivity contribution is 8.10. The number of nitrogens with zero attached hydrogens (tertiary/aromatic N) is 2. The van der Waals surface area contributed by atoms with Crippen LogP contribution >= 0.6 is 24.8 Å². The van der Waals surface area contributed by atoms with Crippen LogP contribution in [0.1, 0.15) is 5.56 Å². The minimum Gasteiger partial charge on any atom is -0.355 e. The van der Waals surface area contributed by atoms with Crippen molar-refractivity contribution < 1.29 is 0 Å². The lowest BCUT2D eigenvalue weighted by molar-refractivity contribution is 0.179. The van der Waals surface area contributed by atoms with Crippen LogP contribution in [0.5, 0.6) is 0 Å². The molecule has 104 valence electrons. The summed E-state index contributed by atoms with van der Waals surface area (Å²) in [6.07, 6.45) is 0. The molecule has 0 atom stereocenters. The van der Waals surface area contributed by atoms with E-state index in [0.29, 0.717) is 0 Å². The summed E-state index contributed by atoms with van der Waals surface area (Å²) in [5, 5.41) is 2.68. The van der Waals surface area contributed by atoms with Crippen LogP contribution in [0.3, 0.4) is 0 Å². The van der Waals surface area contributed by atoms with Crippen molar-refractivity contribution in [1.82, 2.24) is 9.80 Å². The Morgan fingerprint density at radius 2 is 1.70 bits per heavy atom. The van der Waals surface area contributed by atoms with Crippen molar-refractivity contribution in [2.45, 2.75) is 6.54 Å². The summed E-state index contributed by atoms with van der Waals surface area (Å²) in [5.41, 5.74) is 1.41. The van der Waals surface area contributed by atoms with Crippen LogP contribution in [0, 0.1) is 0 Å². The second kappa shape index (κ2) is 6.12. The Kier molecular flexibility index (Phi) is 4.24. The maximum Gasteiger partial charge on any atom is 0.133 e. The van der Waals surface area contributed by atoms with E-state index in [-0.39, 0.29) is 0 Å². The van der Waals surface area contributed by atoms with Crippen molar-refractivity contribution in [2.75, 3.05) is 26.2 Å². The first-order valence-electron chi connectivity index (χ1n) is 6.91. The van der Waals surface area contributed by atoms with Gasteiger partial charge in [-0.25, -0.2) is 0 Å². The molecule has 0 unspecified atom stereocenters. The molecule has 20 heavy (non-hydrogen) atoms. The van der Waals surface area contributed by atoms with Gasteiger partial charge in [0.15, 0.2) is 0 Å². The first-order valence-corrected chi connectivity index (χ1v) is 7.76. The molecule has 1 saturated heterocycles. The van der Waals surface area contributed by atoms with Crippen LogP contribution in [0.25, 0.3) is 10.8 Å². The molecule has 0 aliphatic carbocycles. The van der Waals surface area contributed by atoms with Crippen LogP contribution in [0.15, 0.2) is 42.5 Å². The first-order chi connectivity index (χ1) is 9.74. The topological polar surface area (TPSA) is 6.48 Å². The number of piperazine rings is 1. The zero-order valence-corrected chi connectivity index (χ0v) is 13.0. The molecular formula is C16H18N2S2. The van der Waals surface area contributed by atoms with Gasteiger partial charge in [-0.1, -0.05) is 54.7 Å². The van der Waals surface area contributed by atoms with Gasteiger partial charge in [0.1, 0.15) is 4.32 Å². The third kappa shape index (κ3) is 2.97. The first kappa shape index (κ1) is 13.9. The average molecular weight is 302 g/mol. The summed E-state index contributed by atoms with van der Waals surface area (Å²) in [7, 11) is 0. The average Bonchev–Trinajstić information content (AvgIpc) is 2.48. The Balaban J connectivity index is 1.73. The highest BCUT2D eigenvalue weighted by atomic mass is 32.1. The molecule has 1 aliphatic rings. The van der Waals surface area contributed by atoms with Gasteiger partial charge >= 0.3 is 0 Å². The Morgan fingerprint density at radius 1 is 1.00 bits per heavy atom. The predicted octanol–water partition coefficient (Wildman–Crippen LogP) is 3.17. The van der Waals surface area contributed by atoms with Gasteiger partial charge in [0, 0.05) is 32.7 Å². The Hall–Kier alpha value is -1.10. The molecule has 0 amide bonds. The third-order valence-electron chi connectivity index (χ3n) is 3.92. The lowest BCUT2D eigenvalue weighted by Gasteiger charge is -2.35. The van der Waals surface area contributed by atoms with Gasteiger partial charge < -0.3 is 4.90 Å². The summed E-state index contributed by atoms with van der Waals surface area (Å²) in [5.74, 6) is 0. The van der Waals surface area contributed by atoms with Crippen LogP contribution in [-0.4, -0.2) is 40.3 Å². The normalized spacial score (nSPS) is 16.6. The van der Waals surface area contributed by atoms with Crippen LogP contribution in [-0.2, 0) is 6.54 Å². The largest absolute Gasteiger partial charge is 0.355 e. The Morgan fingerprint density at radius 3 is 2.45 bits per heavy atom. The van der Waals surface area contributed by atoms with Crippen molar-refractivity contribution in [3.63, 3.8) is 0 Å². The number of benzene rings is 2. The van der Waals surface area contributed by atoms with Crippen LogP contribution < -0.4 is 0 Å². The second-order valence-corrected chi connectivity index (χ2v) is 6.30. The minimum atomic E-state index is 0.717. The highest BCUT2D eigenvalue weighted by Crippen LogP contribution is 2.20. The fourth-order valence-corrected chi connectivity index (χ4v) is 3.15. The molecule has 2 aromatic rings. The summed E-state index contributed by atoms with van der Waals surface area (Å²) in [6, 6.07) is 15.2. The smallest absolute Gasteiger partial charge is 0.133 e. The Labute approximate surface area is 130 Å². The van der Waals surface area contributed by atoms with E-state index < -0.39 is 0 Å². The number of thiocarbonyl (C=S) groups is 1. The van der Waals surface area contributed by atoms with Crippen LogP contribution in [0.4, 0.5) is 0 Å². The molecular weight excluding hydrogens is 284 g/mol. The molecule has 2 aromatic carbocycles. The van der Waals surface area contributed by atoms with E-state index in [2.05, 4.69) is 64.9 Å². The van der Waals surface area contributed by atoms with Crippen molar-refractivity contribution in [3.8, 4) is 0 Å². The molecule has 0 bridgehead atoms. The standard InChI is InChI=1S/C16H18N2S2/c19-16(20)18-10-8-17(9-11-18)12-14-6-3-5-13-4-1-2-7-15(13)14/h1-7H,8-12H2,(H,19,20). The van der Waals surface area contributed by atoms with Gasteiger partial charge in [0.2, 0.25) is 0 Å². The summed E-state index contributed by atoms with van der Waals surface area (Å²) in [4.78, 5) is 4.66. The van der Waals surface area contributed by atoms with Gasteiger partial charge in [-0.15, -0.1) is 12.6 Å². The Bertz CT molecular complexity index is 613. The number of hydrogen-bond acceptors (Lipinski definition) is 2. The molecule has 0 radical (unpaired) electrons. The zero-order chi connectivity index (χ0) is 13.9. The number of hydrogen-bond donors (Lipinski definition) is 1. The molecule has 0 N–H and O–H groups in total. The SMILES string of the molecule is S=C(S)N1CCN(Cc2cccc3ccccc23)CC1. The van der Waals surface area contributed by atoms with E-state index >= 15 is 0 Å². The summed E-state index contributed by atoms with van der Waals surface area (Å²) < 4.78 is 0.717. The molecule has 0 saturated carbocycles. The van der Waals surface area contributed by atoms with E-state index in [1.807, 2.05) is 0 Å². The summed E-state index contributed by atoms with van der Waals surface area (Å²) >= 11 is 9.38. The monoisotopic (exact) mass is 302 g/mol. The quantitative estimate of drug-likeness (QED) is 0.673. The van der Waals surface area contributed by atoms with Gasteiger partial charge in [-0.3, -0.25) is 4.90 Å². The van der Waals surface area contributed by atoms with Crippen molar-refractivity contribution in [2.24, 2.45) is 0 Å². The predicted molar refractivity (Wildman–Crippen MR) is 92.4 cm³/mol. The molecule has 1 fully saturated rings. The van der Waals surface area contributed by atoms with Gasteiger partial charge in [0.05, 0.1) is 0 Å². The third-order valence-corrected chi connectivity index (χ3v) is 4.46. The zero-order valence-electron chi connectivity index (χ0n) is 11.3.